The molecule has 0 radical (unpaired) electrons. The lowest BCUT2D eigenvalue weighted by molar-refractivity contribution is 0.269. The van der Waals surface area contributed by atoms with Gasteiger partial charge < -0.3 is 19.4 Å². The second-order valence-electron chi connectivity index (χ2n) is 3.69. The molecule has 1 rings (SSSR count). The van der Waals surface area contributed by atoms with Crippen LogP contribution in [0.25, 0.3) is 0 Å². The van der Waals surface area contributed by atoms with Gasteiger partial charge in [-0.25, -0.2) is 0 Å². The Morgan fingerprint density at radius 3 is 2.33 bits per heavy atom. The molecule has 0 bridgehead atoms. The third kappa shape index (κ3) is 4.16. The van der Waals surface area contributed by atoms with E-state index in [2.05, 4.69) is 4.65 Å². The molecule has 1 aromatic carbocycles. The Kier molecular flexibility index (Phi) is 5.87. The molecule has 0 heterocycles. The smallest absolute Gasteiger partial charge is 0.509 e. The molecule has 0 amide bonds. The highest BCUT2D eigenvalue weighted by Crippen LogP contribution is 2.27. The van der Waals surface area contributed by atoms with Crippen molar-refractivity contribution in [3.05, 3.63) is 23.8 Å². The third-order valence-corrected chi connectivity index (χ3v) is 2.25. The number of ether oxygens (including phenoxy) is 1. The number of rotatable bonds is 7. The van der Waals surface area contributed by atoms with Crippen LogP contribution < -0.4 is 9.39 Å². The van der Waals surface area contributed by atoms with Gasteiger partial charge in [-0.3, -0.25) is 0 Å². The number of benzene rings is 1. The standard InChI is InChI=1S/C11H15BF2O4/c1-2-3-4-7-17-8-5-6-9(18-12(15)16)11(14)10(8)13/h5-6,15-16H,2-4,7H2,1H3. The summed E-state index contributed by atoms with van der Waals surface area (Å²) in [5, 5.41) is 17.0. The first-order valence-corrected chi connectivity index (χ1v) is 5.69. The molecule has 0 aliphatic heterocycles. The number of unbranched alkanes of at least 4 members (excludes halogenated alkanes) is 2. The molecule has 0 aliphatic rings. The minimum absolute atomic E-state index is 0.219. The zero-order valence-corrected chi connectivity index (χ0v) is 10.0. The lowest BCUT2D eigenvalue weighted by Gasteiger charge is -2.10. The molecule has 2 N–H and O–H groups in total. The average Bonchev–Trinajstić information content (AvgIpc) is 2.32. The maximum Gasteiger partial charge on any atom is 0.707 e. The van der Waals surface area contributed by atoms with E-state index in [1.807, 2.05) is 6.92 Å². The predicted octanol–water partition coefficient (Wildman–Crippen LogP) is 1.88. The van der Waals surface area contributed by atoms with E-state index < -0.39 is 24.7 Å². The molecule has 0 saturated carbocycles. The highest BCUT2D eigenvalue weighted by Gasteiger charge is 2.20. The molecule has 0 aromatic heterocycles. The molecule has 100 valence electrons. The van der Waals surface area contributed by atoms with Gasteiger partial charge in [0.15, 0.2) is 5.75 Å². The molecule has 4 nitrogen and oxygen atoms in total. The van der Waals surface area contributed by atoms with Gasteiger partial charge in [0.25, 0.3) is 0 Å². The van der Waals surface area contributed by atoms with E-state index in [-0.39, 0.29) is 5.75 Å². The zero-order valence-electron chi connectivity index (χ0n) is 10.0. The van der Waals surface area contributed by atoms with Crippen LogP contribution in [0.2, 0.25) is 0 Å². The fourth-order valence-corrected chi connectivity index (χ4v) is 1.36. The quantitative estimate of drug-likeness (QED) is 0.580. The summed E-state index contributed by atoms with van der Waals surface area (Å²) < 4.78 is 36.2. The van der Waals surface area contributed by atoms with Crippen molar-refractivity contribution in [2.24, 2.45) is 0 Å². The second-order valence-corrected chi connectivity index (χ2v) is 3.69. The van der Waals surface area contributed by atoms with Crippen molar-refractivity contribution >= 4 is 7.32 Å². The van der Waals surface area contributed by atoms with Crippen molar-refractivity contribution in [3.63, 3.8) is 0 Å². The van der Waals surface area contributed by atoms with Crippen molar-refractivity contribution in [3.8, 4) is 11.5 Å². The first kappa shape index (κ1) is 14.7. The van der Waals surface area contributed by atoms with Crippen LogP contribution in [0, 0.1) is 11.6 Å². The summed E-state index contributed by atoms with van der Waals surface area (Å²) in [6, 6.07) is 2.26. The molecule has 0 spiro atoms. The number of hydrogen-bond donors (Lipinski definition) is 2. The van der Waals surface area contributed by atoms with E-state index >= 15 is 0 Å². The van der Waals surface area contributed by atoms with Crippen molar-refractivity contribution in [2.75, 3.05) is 6.61 Å². The fourth-order valence-electron chi connectivity index (χ4n) is 1.36. The first-order chi connectivity index (χ1) is 8.56. The summed E-state index contributed by atoms with van der Waals surface area (Å²) in [6.07, 6.45) is 2.70. The van der Waals surface area contributed by atoms with Gasteiger partial charge in [-0.15, -0.1) is 0 Å². The Balaban J connectivity index is 2.68. The Morgan fingerprint density at radius 2 is 1.72 bits per heavy atom. The molecule has 0 unspecified atom stereocenters. The second kappa shape index (κ2) is 7.18. The number of hydrogen-bond acceptors (Lipinski definition) is 4. The first-order valence-electron chi connectivity index (χ1n) is 5.69. The van der Waals surface area contributed by atoms with Gasteiger partial charge in [-0.05, 0) is 18.6 Å². The maximum atomic E-state index is 13.5. The lowest BCUT2D eigenvalue weighted by atomic mass is 10.2. The Labute approximate surface area is 104 Å². The molecule has 18 heavy (non-hydrogen) atoms. The molecule has 0 aliphatic carbocycles. The van der Waals surface area contributed by atoms with Crippen LogP contribution in [0.5, 0.6) is 11.5 Å². The average molecular weight is 260 g/mol. The normalized spacial score (nSPS) is 10.3. The van der Waals surface area contributed by atoms with Crippen molar-refractivity contribution in [1.82, 2.24) is 0 Å². The van der Waals surface area contributed by atoms with Gasteiger partial charge in [-0.2, -0.15) is 8.78 Å². The topological polar surface area (TPSA) is 58.9 Å². The van der Waals surface area contributed by atoms with Gasteiger partial charge in [0.1, 0.15) is 5.75 Å². The fraction of sp³-hybridized carbons (Fsp3) is 0.455. The monoisotopic (exact) mass is 260 g/mol. The SMILES string of the molecule is CCCCCOc1ccc(OB(O)O)c(F)c1F. The van der Waals surface area contributed by atoms with E-state index in [1.165, 1.54) is 6.07 Å². The molecule has 7 heteroatoms. The van der Waals surface area contributed by atoms with Crippen LogP contribution in [-0.2, 0) is 0 Å². The molecule has 0 atom stereocenters. The zero-order chi connectivity index (χ0) is 13.5. The van der Waals surface area contributed by atoms with Crippen LogP contribution in [-0.4, -0.2) is 24.0 Å². The van der Waals surface area contributed by atoms with Crippen LogP contribution in [0.15, 0.2) is 12.1 Å². The van der Waals surface area contributed by atoms with Crippen LogP contribution >= 0.6 is 0 Å². The van der Waals surface area contributed by atoms with E-state index in [0.717, 1.165) is 25.3 Å². The summed E-state index contributed by atoms with van der Waals surface area (Å²) in [5.41, 5.74) is 0. The van der Waals surface area contributed by atoms with E-state index in [0.29, 0.717) is 6.61 Å². The van der Waals surface area contributed by atoms with Gasteiger partial charge >= 0.3 is 7.32 Å². The molecular weight excluding hydrogens is 245 g/mol. The summed E-state index contributed by atoms with van der Waals surface area (Å²) >= 11 is 0. The van der Waals surface area contributed by atoms with Crippen LogP contribution in [0.1, 0.15) is 26.2 Å². The highest BCUT2D eigenvalue weighted by atomic mass is 19.2. The van der Waals surface area contributed by atoms with Crippen LogP contribution in [0.3, 0.4) is 0 Å². The summed E-state index contributed by atoms with van der Waals surface area (Å²) in [7, 11) is -2.20. The van der Waals surface area contributed by atoms with Gasteiger partial charge in [0.2, 0.25) is 11.6 Å². The predicted molar refractivity (Wildman–Crippen MR) is 62.2 cm³/mol. The largest absolute Gasteiger partial charge is 0.707 e. The molecule has 0 fully saturated rings. The Bertz CT molecular complexity index is 388. The van der Waals surface area contributed by atoms with Crippen molar-refractivity contribution in [2.45, 2.75) is 26.2 Å². The van der Waals surface area contributed by atoms with E-state index in [1.54, 1.807) is 0 Å². The van der Waals surface area contributed by atoms with E-state index in [4.69, 9.17) is 14.8 Å². The summed E-state index contributed by atoms with van der Waals surface area (Å²) in [4.78, 5) is 0. The molecular formula is C11H15BF2O4. The number of halogens is 2. The van der Waals surface area contributed by atoms with Crippen LogP contribution in [0.4, 0.5) is 8.78 Å². The lowest BCUT2D eigenvalue weighted by Crippen LogP contribution is -2.21. The molecule has 0 saturated heterocycles. The Morgan fingerprint density at radius 1 is 1.11 bits per heavy atom. The summed E-state index contributed by atoms with van der Waals surface area (Å²) in [5.74, 6) is -3.31. The van der Waals surface area contributed by atoms with Crippen molar-refractivity contribution < 1.29 is 28.2 Å². The van der Waals surface area contributed by atoms with Gasteiger partial charge in [0.05, 0.1) is 6.61 Å². The Hall–Kier alpha value is -1.34. The van der Waals surface area contributed by atoms with E-state index in [9.17, 15) is 8.78 Å². The maximum absolute atomic E-state index is 13.5. The highest BCUT2D eigenvalue weighted by molar-refractivity contribution is 6.33. The molecule has 1 aromatic rings. The summed E-state index contributed by atoms with van der Waals surface area (Å²) in [6.45, 7) is 2.32. The van der Waals surface area contributed by atoms with Gasteiger partial charge in [-0.1, -0.05) is 19.8 Å². The van der Waals surface area contributed by atoms with Gasteiger partial charge in [0, 0.05) is 0 Å². The minimum atomic E-state index is -2.20. The minimum Gasteiger partial charge on any atom is -0.509 e. The van der Waals surface area contributed by atoms with Crippen molar-refractivity contribution in [1.29, 1.82) is 0 Å². The third-order valence-electron chi connectivity index (χ3n) is 2.25.